The first-order valence-electron chi connectivity index (χ1n) is 7.90. The molecule has 0 unspecified atom stereocenters. The second kappa shape index (κ2) is 7.03. The molecule has 1 aromatic heterocycles. The normalized spacial score (nSPS) is 12.0. The number of aryl methyl sites for hydroxylation is 1. The molecule has 0 fully saturated rings. The maximum atomic E-state index is 13.2. The van der Waals surface area contributed by atoms with Crippen LogP contribution in [0.4, 0.5) is 19.0 Å². The molecule has 0 aliphatic heterocycles. The standard InChI is InChI=1S/C19H15F3N2O2S/c1-13-5-4-8-18(23-13)24-27(25,26)15-11-9-14(10-12-15)16-6-2-3-7-17(16)19(20,21)22/h2-12H,1H3,(H,23,24). The number of nitrogens with zero attached hydrogens (tertiary/aromatic N) is 1. The number of nitrogens with one attached hydrogen (secondary N) is 1. The van der Waals surface area contributed by atoms with Crippen LogP contribution in [0.3, 0.4) is 0 Å². The zero-order valence-corrected chi connectivity index (χ0v) is 15.0. The highest BCUT2D eigenvalue weighted by molar-refractivity contribution is 7.92. The van der Waals surface area contributed by atoms with E-state index in [-0.39, 0.29) is 21.8 Å². The molecule has 0 saturated heterocycles. The summed E-state index contributed by atoms with van der Waals surface area (Å²) in [5.41, 5.74) is 0.134. The molecule has 4 nitrogen and oxygen atoms in total. The zero-order chi connectivity index (χ0) is 19.7. The number of halogens is 3. The molecule has 0 bridgehead atoms. The summed E-state index contributed by atoms with van der Waals surface area (Å²) in [7, 11) is -3.90. The van der Waals surface area contributed by atoms with Crippen molar-refractivity contribution in [3.8, 4) is 11.1 Å². The number of benzene rings is 2. The van der Waals surface area contributed by atoms with Gasteiger partial charge in [-0.25, -0.2) is 13.4 Å². The zero-order valence-electron chi connectivity index (χ0n) is 14.2. The summed E-state index contributed by atoms with van der Waals surface area (Å²) in [6, 6.07) is 15.3. The highest BCUT2D eigenvalue weighted by Crippen LogP contribution is 2.37. The average molecular weight is 392 g/mol. The Hall–Kier alpha value is -2.87. The van der Waals surface area contributed by atoms with Crippen molar-refractivity contribution in [1.82, 2.24) is 4.98 Å². The maximum absolute atomic E-state index is 13.2. The number of sulfonamides is 1. The van der Waals surface area contributed by atoms with Crippen molar-refractivity contribution in [2.75, 3.05) is 4.72 Å². The first kappa shape index (κ1) is 18.9. The lowest BCUT2D eigenvalue weighted by Crippen LogP contribution is -2.14. The number of alkyl halides is 3. The van der Waals surface area contributed by atoms with Crippen LogP contribution in [-0.4, -0.2) is 13.4 Å². The Morgan fingerprint density at radius 2 is 1.56 bits per heavy atom. The molecule has 140 valence electrons. The fraction of sp³-hybridized carbons (Fsp3) is 0.105. The molecule has 2 aromatic carbocycles. The van der Waals surface area contributed by atoms with E-state index in [4.69, 9.17) is 0 Å². The fourth-order valence-corrected chi connectivity index (χ4v) is 3.59. The van der Waals surface area contributed by atoms with Crippen molar-refractivity contribution in [2.24, 2.45) is 0 Å². The lowest BCUT2D eigenvalue weighted by atomic mass is 9.99. The Bertz CT molecular complexity index is 1060. The van der Waals surface area contributed by atoms with Crippen LogP contribution >= 0.6 is 0 Å². The molecule has 0 amide bonds. The van der Waals surface area contributed by atoms with Gasteiger partial charge in [0.25, 0.3) is 10.0 Å². The summed E-state index contributed by atoms with van der Waals surface area (Å²) >= 11 is 0. The summed E-state index contributed by atoms with van der Waals surface area (Å²) < 4.78 is 66.8. The topological polar surface area (TPSA) is 59.1 Å². The number of aromatic nitrogens is 1. The van der Waals surface area contributed by atoms with Crippen LogP contribution in [0.2, 0.25) is 0 Å². The molecule has 1 N–H and O–H groups in total. The highest BCUT2D eigenvalue weighted by Gasteiger charge is 2.33. The van der Waals surface area contributed by atoms with Gasteiger partial charge in [-0.15, -0.1) is 0 Å². The summed E-state index contributed by atoms with van der Waals surface area (Å²) in [6.45, 7) is 1.73. The lowest BCUT2D eigenvalue weighted by Gasteiger charge is -2.13. The monoisotopic (exact) mass is 392 g/mol. The molecule has 0 aliphatic rings. The van der Waals surface area contributed by atoms with Gasteiger partial charge >= 0.3 is 6.18 Å². The Morgan fingerprint density at radius 3 is 2.19 bits per heavy atom. The molecule has 8 heteroatoms. The number of pyridine rings is 1. The van der Waals surface area contributed by atoms with Crippen LogP contribution in [0.1, 0.15) is 11.3 Å². The molecule has 3 rings (SSSR count). The Labute approximate surface area is 154 Å². The number of rotatable bonds is 4. The van der Waals surface area contributed by atoms with Crippen molar-refractivity contribution in [1.29, 1.82) is 0 Å². The molecule has 1 heterocycles. The number of hydrogen-bond donors (Lipinski definition) is 1. The van der Waals surface area contributed by atoms with E-state index < -0.39 is 21.8 Å². The van der Waals surface area contributed by atoms with Gasteiger partial charge in [-0.1, -0.05) is 36.4 Å². The molecule has 0 saturated carbocycles. The fourth-order valence-electron chi connectivity index (χ4n) is 2.59. The lowest BCUT2D eigenvalue weighted by molar-refractivity contribution is -0.137. The van der Waals surface area contributed by atoms with E-state index in [1.165, 1.54) is 48.5 Å². The van der Waals surface area contributed by atoms with Gasteiger partial charge < -0.3 is 0 Å². The number of anilines is 1. The molecule has 0 spiro atoms. The molecular weight excluding hydrogens is 377 g/mol. The van der Waals surface area contributed by atoms with E-state index in [0.717, 1.165) is 6.07 Å². The second-order valence-corrected chi connectivity index (χ2v) is 7.52. The smallest absolute Gasteiger partial charge is 0.263 e. The van der Waals surface area contributed by atoms with E-state index in [0.29, 0.717) is 5.69 Å². The van der Waals surface area contributed by atoms with Crippen molar-refractivity contribution in [3.05, 3.63) is 78.0 Å². The summed E-state index contributed by atoms with van der Waals surface area (Å²) in [6.07, 6.45) is -4.50. The minimum absolute atomic E-state index is 0.0118. The van der Waals surface area contributed by atoms with E-state index in [2.05, 4.69) is 9.71 Å². The predicted molar refractivity (Wildman–Crippen MR) is 96.7 cm³/mol. The maximum Gasteiger partial charge on any atom is 0.417 e. The van der Waals surface area contributed by atoms with E-state index in [1.807, 2.05) is 0 Å². The van der Waals surface area contributed by atoms with Crippen LogP contribution in [0.15, 0.2) is 71.6 Å². The van der Waals surface area contributed by atoms with E-state index >= 15 is 0 Å². The average Bonchev–Trinajstić information content (AvgIpc) is 2.61. The third-order valence-corrected chi connectivity index (χ3v) is 5.21. The molecule has 0 radical (unpaired) electrons. The van der Waals surface area contributed by atoms with Crippen molar-refractivity contribution >= 4 is 15.8 Å². The predicted octanol–water partition coefficient (Wildman–Crippen LogP) is 4.88. The van der Waals surface area contributed by atoms with Gasteiger partial charge in [0.05, 0.1) is 10.5 Å². The van der Waals surface area contributed by atoms with Crippen molar-refractivity contribution in [3.63, 3.8) is 0 Å². The van der Waals surface area contributed by atoms with Crippen molar-refractivity contribution < 1.29 is 21.6 Å². The van der Waals surface area contributed by atoms with Gasteiger partial charge in [0.15, 0.2) is 0 Å². The van der Waals surface area contributed by atoms with Gasteiger partial charge in [0, 0.05) is 5.69 Å². The minimum atomic E-state index is -4.50. The van der Waals surface area contributed by atoms with Gasteiger partial charge in [0.1, 0.15) is 5.82 Å². The third kappa shape index (κ3) is 4.28. The van der Waals surface area contributed by atoms with Crippen LogP contribution in [0.5, 0.6) is 0 Å². The van der Waals surface area contributed by atoms with E-state index in [1.54, 1.807) is 19.1 Å². The Kier molecular flexibility index (Phi) is 4.93. The Balaban J connectivity index is 1.92. The van der Waals surface area contributed by atoms with E-state index in [9.17, 15) is 21.6 Å². The highest BCUT2D eigenvalue weighted by atomic mass is 32.2. The van der Waals surface area contributed by atoms with Crippen molar-refractivity contribution in [2.45, 2.75) is 18.0 Å². The molecular formula is C19H15F3N2O2S. The van der Waals surface area contributed by atoms with Crippen LogP contribution in [0.25, 0.3) is 11.1 Å². The van der Waals surface area contributed by atoms with Gasteiger partial charge in [-0.2, -0.15) is 13.2 Å². The molecule has 0 atom stereocenters. The first-order valence-corrected chi connectivity index (χ1v) is 9.38. The molecule has 3 aromatic rings. The van der Waals surface area contributed by atoms with Crippen LogP contribution < -0.4 is 4.72 Å². The quantitative estimate of drug-likeness (QED) is 0.689. The van der Waals surface area contributed by atoms with Gasteiger partial charge in [-0.3, -0.25) is 4.72 Å². The molecule has 0 aliphatic carbocycles. The van der Waals surface area contributed by atoms with Gasteiger partial charge in [-0.05, 0) is 48.4 Å². The third-order valence-electron chi connectivity index (χ3n) is 3.84. The Morgan fingerprint density at radius 1 is 0.889 bits per heavy atom. The van der Waals surface area contributed by atoms with Gasteiger partial charge in [0.2, 0.25) is 0 Å². The minimum Gasteiger partial charge on any atom is -0.263 e. The summed E-state index contributed by atoms with van der Waals surface area (Å²) in [5.74, 6) is 0.168. The van der Waals surface area contributed by atoms with Crippen LogP contribution in [-0.2, 0) is 16.2 Å². The first-order chi connectivity index (χ1) is 12.7. The largest absolute Gasteiger partial charge is 0.417 e. The molecule has 27 heavy (non-hydrogen) atoms. The summed E-state index contributed by atoms with van der Waals surface area (Å²) in [4.78, 5) is 4.00. The number of hydrogen-bond acceptors (Lipinski definition) is 3. The SMILES string of the molecule is Cc1cccc(NS(=O)(=O)c2ccc(-c3ccccc3C(F)(F)F)cc2)n1. The second-order valence-electron chi connectivity index (χ2n) is 5.84. The summed E-state index contributed by atoms with van der Waals surface area (Å²) in [5, 5.41) is 0. The van der Waals surface area contributed by atoms with Crippen LogP contribution in [0, 0.1) is 6.92 Å².